The SMILES string of the molecule is Cc1nc(C(F)(F)F)c(CN2CCC3(CCNC3)C2)s1. The van der Waals surface area contributed by atoms with Gasteiger partial charge in [-0.05, 0) is 38.3 Å². The van der Waals surface area contributed by atoms with E-state index in [4.69, 9.17) is 0 Å². The van der Waals surface area contributed by atoms with Crippen molar-refractivity contribution in [2.24, 2.45) is 5.41 Å². The molecule has 0 aliphatic carbocycles. The Hall–Kier alpha value is -0.660. The first kappa shape index (κ1) is 14.3. The lowest BCUT2D eigenvalue weighted by atomic mass is 9.87. The normalized spacial score (nSPS) is 27.8. The second kappa shape index (κ2) is 4.96. The Labute approximate surface area is 120 Å². The molecule has 1 N–H and O–H groups in total. The van der Waals surface area contributed by atoms with Crippen molar-refractivity contribution >= 4 is 11.3 Å². The summed E-state index contributed by atoms with van der Waals surface area (Å²) in [5, 5.41) is 3.85. The molecule has 7 heteroatoms. The third-order valence-electron chi connectivity index (χ3n) is 4.29. The number of halogens is 3. The Morgan fingerprint density at radius 3 is 2.85 bits per heavy atom. The number of alkyl halides is 3. The molecule has 1 aromatic heterocycles. The van der Waals surface area contributed by atoms with E-state index in [1.807, 2.05) is 0 Å². The van der Waals surface area contributed by atoms with Crippen LogP contribution in [0, 0.1) is 12.3 Å². The van der Waals surface area contributed by atoms with Crippen LogP contribution in [0.2, 0.25) is 0 Å². The number of aromatic nitrogens is 1. The van der Waals surface area contributed by atoms with Crippen molar-refractivity contribution in [1.29, 1.82) is 0 Å². The van der Waals surface area contributed by atoms with E-state index in [-0.39, 0.29) is 5.41 Å². The Balaban J connectivity index is 1.73. The first-order chi connectivity index (χ1) is 9.38. The predicted molar refractivity (Wildman–Crippen MR) is 71.7 cm³/mol. The lowest BCUT2D eigenvalue weighted by molar-refractivity contribution is -0.141. The molecule has 2 saturated heterocycles. The zero-order valence-electron chi connectivity index (χ0n) is 11.4. The minimum Gasteiger partial charge on any atom is -0.316 e. The van der Waals surface area contributed by atoms with Gasteiger partial charge in [-0.1, -0.05) is 0 Å². The van der Waals surface area contributed by atoms with E-state index < -0.39 is 11.9 Å². The highest BCUT2D eigenvalue weighted by Gasteiger charge is 2.42. The van der Waals surface area contributed by atoms with Crippen molar-refractivity contribution in [3.63, 3.8) is 0 Å². The predicted octanol–water partition coefficient (Wildman–Crippen LogP) is 2.66. The van der Waals surface area contributed by atoms with Crippen LogP contribution in [-0.2, 0) is 12.7 Å². The average Bonchev–Trinajstić information content (AvgIpc) is 3.03. The van der Waals surface area contributed by atoms with Crippen LogP contribution in [0.3, 0.4) is 0 Å². The van der Waals surface area contributed by atoms with Gasteiger partial charge in [0.1, 0.15) is 0 Å². The average molecular weight is 305 g/mol. The van der Waals surface area contributed by atoms with Crippen molar-refractivity contribution < 1.29 is 13.2 Å². The molecule has 20 heavy (non-hydrogen) atoms. The largest absolute Gasteiger partial charge is 0.434 e. The van der Waals surface area contributed by atoms with E-state index in [0.29, 0.717) is 16.4 Å². The maximum Gasteiger partial charge on any atom is 0.434 e. The molecule has 2 aliphatic rings. The molecule has 1 atom stereocenters. The molecule has 112 valence electrons. The second-order valence-corrected chi connectivity index (χ2v) is 7.18. The summed E-state index contributed by atoms with van der Waals surface area (Å²) in [5.41, 5.74) is -0.400. The fourth-order valence-corrected chi connectivity index (χ4v) is 4.31. The standard InChI is InChI=1S/C13H18F3N3S/c1-9-18-11(13(14,15)16)10(20-9)6-19-5-3-12(8-19)2-4-17-7-12/h17H,2-8H2,1H3. The fourth-order valence-electron chi connectivity index (χ4n) is 3.31. The number of hydrogen-bond acceptors (Lipinski definition) is 4. The molecule has 2 fully saturated rings. The van der Waals surface area contributed by atoms with Gasteiger partial charge >= 0.3 is 6.18 Å². The molecule has 0 saturated carbocycles. The number of nitrogens with one attached hydrogen (secondary N) is 1. The zero-order chi connectivity index (χ0) is 14.4. The van der Waals surface area contributed by atoms with E-state index in [9.17, 15) is 13.2 Å². The Morgan fingerprint density at radius 1 is 1.40 bits per heavy atom. The molecule has 3 heterocycles. The van der Waals surface area contributed by atoms with Crippen molar-refractivity contribution in [2.45, 2.75) is 32.5 Å². The minimum atomic E-state index is -4.34. The highest BCUT2D eigenvalue weighted by Crippen LogP contribution is 2.39. The van der Waals surface area contributed by atoms with Gasteiger partial charge in [0.05, 0.1) is 9.88 Å². The number of aryl methyl sites for hydroxylation is 1. The van der Waals surface area contributed by atoms with Gasteiger partial charge in [-0.25, -0.2) is 4.98 Å². The van der Waals surface area contributed by atoms with Gasteiger partial charge in [-0.3, -0.25) is 4.90 Å². The molecular weight excluding hydrogens is 287 g/mol. The molecule has 1 aromatic rings. The van der Waals surface area contributed by atoms with E-state index in [2.05, 4.69) is 15.2 Å². The molecular formula is C13H18F3N3S. The van der Waals surface area contributed by atoms with Crippen molar-refractivity contribution in [1.82, 2.24) is 15.2 Å². The summed E-state index contributed by atoms with van der Waals surface area (Å²) in [5.74, 6) is 0. The van der Waals surface area contributed by atoms with Gasteiger partial charge in [0.2, 0.25) is 0 Å². The zero-order valence-corrected chi connectivity index (χ0v) is 12.2. The van der Waals surface area contributed by atoms with Crippen molar-refractivity contribution in [2.75, 3.05) is 26.2 Å². The molecule has 2 aliphatic heterocycles. The van der Waals surface area contributed by atoms with Gasteiger partial charge in [0, 0.05) is 19.6 Å². The Bertz CT molecular complexity index is 492. The van der Waals surface area contributed by atoms with Crippen molar-refractivity contribution in [3.8, 4) is 0 Å². The van der Waals surface area contributed by atoms with E-state index in [1.165, 1.54) is 11.3 Å². The summed E-state index contributed by atoms with van der Waals surface area (Å²) in [7, 11) is 0. The topological polar surface area (TPSA) is 28.2 Å². The molecule has 0 radical (unpaired) electrons. The fraction of sp³-hybridized carbons (Fsp3) is 0.769. The van der Waals surface area contributed by atoms with Crippen LogP contribution in [0.5, 0.6) is 0 Å². The third kappa shape index (κ3) is 2.71. The van der Waals surface area contributed by atoms with Crippen LogP contribution >= 0.6 is 11.3 Å². The van der Waals surface area contributed by atoms with Crippen LogP contribution < -0.4 is 5.32 Å². The van der Waals surface area contributed by atoms with Crippen molar-refractivity contribution in [3.05, 3.63) is 15.6 Å². The smallest absolute Gasteiger partial charge is 0.316 e. The molecule has 0 aromatic carbocycles. The summed E-state index contributed by atoms with van der Waals surface area (Å²) < 4.78 is 38.8. The van der Waals surface area contributed by atoms with Gasteiger partial charge in [-0.15, -0.1) is 11.3 Å². The van der Waals surface area contributed by atoms with E-state index >= 15 is 0 Å². The number of nitrogens with zero attached hydrogens (tertiary/aromatic N) is 2. The maximum atomic E-state index is 12.9. The quantitative estimate of drug-likeness (QED) is 0.910. The van der Waals surface area contributed by atoms with E-state index in [0.717, 1.165) is 39.0 Å². The third-order valence-corrected chi connectivity index (χ3v) is 5.25. The summed E-state index contributed by atoms with van der Waals surface area (Å²) in [4.78, 5) is 6.17. The van der Waals surface area contributed by atoms with Gasteiger partial charge in [-0.2, -0.15) is 13.2 Å². The molecule has 0 bridgehead atoms. The highest BCUT2D eigenvalue weighted by atomic mass is 32.1. The number of hydrogen-bond donors (Lipinski definition) is 1. The Kier molecular flexibility index (Phi) is 3.54. The first-order valence-corrected chi connectivity index (χ1v) is 7.66. The van der Waals surface area contributed by atoms with E-state index in [1.54, 1.807) is 6.92 Å². The monoisotopic (exact) mass is 305 g/mol. The summed E-state index contributed by atoms with van der Waals surface area (Å²) in [6.45, 7) is 5.82. The summed E-state index contributed by atoms with van der Waals surface area (Å²) in [6.07, 6.45) is -2.12. The lowest BCUT2D eigenvalue weighted by Gasteiger charge is -2.22. The van der Waals surface area contributed by atoms with Crippen LogP contribution in [0.4, 0.5) is 13.2 Å². The first-order valence-electron chi connectivity index (χ1n) is 6.85. The lowest BCUT2D eigenvalue weighted by Crippen LogP contribution is -2.29. The Morgan fingerprint density at radius 2 is 2.20 bits per heavy atom. The summed E-state index contributed by atoms with van der Waals surface area (Å²) >= 11 is 1.17. The second-order valence-electron chi connectivity index (χ2n) is 5.89. The van der Waals surface area contributed by atoms with Gasteiger partial charge < -0.3 is 5.32 Å². The maximum absolute atomic E-state index is 12.9. The number of thiazole rings is 1. The van der Waals surface area contributed by atoms with Gasteiger partial charge in [0.25, 0.3) is 0 Å². The molecule has 0 amide bonds. The summed E-state index contributed by atoms with van der Waals surface area (Å²) in [6, 6.07) is 0. The number of rotatable bonds is 2. The van der Waals surface area contributed by atoms with Crippen LogP contribution in [-0.4, -0.2) is 36.1 Å². The molecule has 3 nitrogen and oxygen atoms in total. The minimum absolute atomic E-state index is 0.290. The molecule has 3 rings (SSSR count). The van der Waals surface area contributed by atoms with Crippen LogP contribution in [0.25, 0.3) is 0 Å². The number of likely N-dealkylation sites (tertiary alicyclic amines) is 1. The van der Waals surface area contributed by atoms with Gasteiger partial charge in [0.15, 0.2) is 5.69 Å². The molecule has 1 spiro atoms. The van der Waals surface area contributed by atoms with Crippen LogP contribution in [0.15, 0.2) is 0 Å². The van der Waals surface area contributed by atoms with Crippen LogP contribution in [0.1, 0.15) is 28.4 Å². The highest BCUT2D eigenvalue weighted by molar-refractivity contribution is 7.11. The molecule has 1 unspecified atom stereocenters.